The second kappa shape index (κ2) is 7.39. The van der Waals surface area contributed by atoms with Crippen LogP contribution >= 0.6 is 11.5 Å². The second-order valence-corrected chi connectivity index (χ2v) is 6.99. The van der Waals surface area contributed by atoms with E-state index in [0.29, 0.717) is 41.8 Å². The zero-order chi connectivity index (χ0) is 18.8. The quantitative estimate of drug-likeness (QED) is 0.670. The summed E-state index contributed by atoms with van der Waals surface area (Å²) in [5, 5.41) is 7.89. The fourth-order valence-corrected chi connectivity index (χ4v) is 3.56. The number of amides is 1. The van der Waals surface area contributed by atoms with Crippen LogP contribution in [0.2, 0.25) is 0 Å². The number of hydrogen-bond donors (Lipinski definition) is 0. The van der Waals surface area contributed by atoms with Crippen LogP contribution in [0, 0.1) is 6.92 Å². The molecule has 0 atom stereocenters. The highest BCUT2D eigenvalue weighted by Crippen LogP contribution is 2.21. The average Bonchev–Trinajstić information content (AvgIpc) is 3.37. The number of nitrogens with zero attached hydrogens (tertiary/aromatic N) is 7. The fourth-order valence-electron chi connectivity index (χ4n) is 2.93. The van der Waals surface area contributed by atoms with Crippen LogP contribution in [0.4, 0.5) is 5.82 Å². The molecule has 1 fully saturated rings. The van der Waals surface area contributed by atoms with Crippen molar-refractivity contribution in [2.45, 2.75) is 20.3 Å². The molecule has 4 heterocycles. The number of pyridine rings is 1. The molecule has 1 aliphatic rings. The number of aryl methyl sites for hydroxylation is 2. The van der Waals surface area contributed by atoms with Crippen LogP contribution in [-0.2, 0) is 6.42 Å². The van der Waals surface area contributed by atoms with E-state index in [-0.39, 0.29) is 5.91 Å². The van der Waals surface area contributed by atoms with Crippen molar-refractivity contribution in [3.63, 3.8) is 0 Å². The summed E-state index contributed by atoms with van der Waals surface area (Å²) >= 11 is 1.15. The van der Waals surface area contributed by atoms with Crippen molar-refractivity contribution < 1.29 is 9.32 Å². The molecule has 1 amide bonds. The van der Waals surface area contributed by atoms with Crippen molar-refractivity contribution >= 4 is 23.3 Å². The fraction of sp³-hybridized carbons (Fsp3) is 0.412. The molecule has 10 heteroatoms. The molecule has 0 unspecified atom stereocenters. The largest absolute Gasteiger partial charge is 0.353 e. The van der Waals surface area contributed by atoms with Crippen LogP contribution in [0.5, 0.6) is 0 Å². The van der Waals surface area contributed by atoms with Crippen molar-refractivity contribution in [2.75, 3.05) is 31.1 Å². The molecular formula is C17H19N7O2S. The molecular weight excluding hydrogens is 366 g/mol. The first-order chi connectivity index (χ1) is 13.2. The average molecular weight is 385 g/mol. The molecule has 4 rings (SSSR count). The van der Waals surface area contributed by atoms with Crippen LogP contribution in [0.25, 0.3) is 11.4 Å². The molecule has 0 radical (unpaired) electrons. The minimum atomic E-state index is 0.00860. The van der Waals surface area contributed by atoms with Crippen molar-refractivity contribution in [1.82, 2.24) is 29.6 Å². The lowest BCUT2D eigenvalue weighted by molar-refractivity contribution is 0.0750. The van der Waals surface area contributed by atoms with Crippen LogP contribution in [0.15, 0.2) is 22.9 Å². The summed E-state index contributed by atoms with van der Waals surface area (Å²) in [5.41, 5.74) is 1.52. The third-order valence-electron chi connectivity index (χ3n) is 4.51. The Morgan fingerprint density at radius 1 is 1.26 bits per heavy atom. The van der Waals surface area contributed by atoms with Crippen LogP contribution in [0.3, 0.4) is 0 Å². The standard InChI is InChI=1S/C17H19N7O2S/c1-3-14-19-16(21-26-14)12-4-5-13(18-10-12)23-6-8-24(9-7-23)17(25)15-11(2)20-22-27-15/h4-5,10H,3,6-9H2,1-2H3. The minimum Gasteiger partial charge on any atom is -0.353 e. The lowest BCUT2D eigenvalue weighted by Gasteiger charge is -2.35. The van der Waals surface area contributed by atoms with Gasteiger partial charge in [0, 0.05) is 44.4 Å². The van der Waals surface area contributed by atoms with E-state index in [1.165, 1.54) is 0 Å². The predicted molar refractivity (Wildman–Crippen MR) is 99.7 cm³/mol. The zero-order valence-corrected chi connectivity index (χ0v) is 15.9. The zero-order valence-electron chi connectivity index (χ0n) is 15.1. The van der Waals surface area contributed by atoms with Crippen molar-refractivity contribution in [2.24, 2.45) is 0 Å². The van der Waals surface area contributed by atoms with Gasteiger partial charge in [0.25, 0.3) is 5.91 Å². The Labute approximate surface area is 160 Å². The Morgan fingerprint density at radius 2 is 2.07 bits per heavy atom. The van der Waals surface area contributed by atoms with Crippen LogP contribution in [-0.4, -0.2) is 61.7 Å². The molecule has 0 spiro atoms. The Hall–Kier alpha value is -2.88. The van der Waals surface area contributed by atoms with E-state index >= 15 is 0 Å². The number of aromatic nitrogens is 5. The van der Waals surface area contributed by atoms with E-state index in [1.54, 1.807) is 6.20 Å². The number of anilines is 1. The van der Waals surface area contributed by atoms with Gasteiger partial charge >= 0.3 is 0 Å². The Balaban J connectivity index is 1.39. The van der Waals surface area contributed by atoms with E-state index in [1.807, 2.05) is 30.9 Å². The topological polar surface area (TPSA) is 101 Å². The molecule has 0 aliphatic carbocycles. The highest BCUT2D eigenvalue weighted by molar-refractivity contribution is 7.07. The van der Waals surface area contributed by atoms with Gasteiger partial charge < -0.3 is 14.3 Å². The number of hydrogen-bond acceptors (Lipinski definition) is 9. The molecule has 140 valence electrons. The summed E-state index contributed by atoms with van der Waals surface area (Å²) in [6.07, 6.45) is 2.46. The third-order valence-corrected chi connectivity index (χ3v) is 5.33. The molecule has 0 saturated carbocycles. The van der Waals surface area contributed by atoms with E-state index in [9.17, 15) is 4.79 Å². The smallest absolute Gasteiger partial charge is 0.267 e. The number of rotatable bonds is 4. The maximum absolute atomic E-state index is 12.6. The van der Waals surface area contributed by atoms with Crippen LogP contribution < -0.4 is 4.90 Å². The molecule has 3 aromatic rings. The first kappa shape index (κ1) is 17.5. The van der Waals surface area contributed by atoms with E-state index in [2.05, 4.69) is 29.6 Å². The Kier molecular flexibility index (Phi) is 4.80. The first-order valence-corrected chi connectivity index (χ1v) is 9.55. The van der Waals surface area contributed by atoms with Gasteiger partial charge in [0.15, 0.2) is 0 Å². The lowest BCUT2D eigenvalue weighted by atomic mass is 10.2. The summed E-state index contributed by atoms with van der Waals surface area (Å²) in [5.74, 6) is 2.05. The number of piperazine rings is 1. The molecule has 0 bridgehead atoms. The molecule has 27 heavy (non-hydrogen) atoms. The molecule has 0 N–H and O–H groups in total. The number of carbonyl (C=O) groups is 1. The summed E-state index contributed by atoms with van der Waals surface area (Å²) in [6.45, 7) is 6.52. The molecule has 3 aromatic heterocycles. The maximum Gasteiger partial charge on any atom is 0.267 e. The van der Waals surface area contributed by atoms with Gasteiger partial charge in [-0.25, -0.2) is 4.98 Å². The Morgan fingerprint density at radius 3 is 2.67 bits per heavy atom. The van der Waals surface area contributed by atoms with Gasteiger partial charge in [0.05, 0.1) is 5.69 Å². The van der Waals surface area contributed by atoms with Gasteiger partial charge in [-0.15, -0.1) is 5.10 Å². The lowest BCUT2D eigenvalue weighted by Crippen LogP contribution is -2.49. The van der Waals surface area contributed by atoms with Gasteiger partial charge in [-0.3, -0.25) is 4.79 Å². The monoisotopic (exact) mass is 385 g/mol. The maximum atomic E-state index is 12.6. The number of carbonyl (C=O) groups excluding carboxylic acids is 1. The van der Waals surface area contributed by atoms with Crippen LogP contribution in [0.1, 0.15) is 28.2 Å². The summed E-state index contributed by atoms with van der Waals surface area (Å²) in [6, 6.07) is 3.89. The first-order valence-electron chi connectivity index (χ1n) is 8.78. The van der Waals surface area contributed by atoms with Gasteiger partial charge in [-0.05, 0) is 30.6 Å². The molecule has 1 saturated heterocycles. The minimum absolute atomic E-state index is 0.00860. The molecule has 0 aromatic carbocycles. The van der Waals surface area contributed by atoms with Gasteiger partial charge in [0.2, 0.25) is 11.7 Å². The summed E-state index contributed by atoms with van der Waals surface area (Å²) < 4.78 is 8.99. The third kappa shape index (κ3) is 3.52. The van der Waals surface area contributed by atoms with E-state index in [0.717, 1.165) is 36.0 Å². The van der Waals surface area contributed by atoms with Crippen molar-refractivity contribution in [3.8, 4) is 11.4 Å². The second-order valence-electron chi connectivity index (χ2n) is 6.24. The highest BCUT2D eigenvalue weighted by Gasteiger charge is 2.25. The normalized spacial score (nSPS) is 14.6. The molecule has 9 nitrogen and oxygen atoms in total. The van der Waals surface area contributed by atoms with Crippen molar-refractivity contribution in [3.05, 3.63) is 34.8 Å². The summed E-state index contributed by atoms with van der Waals surface area (Å²) in [7, 11) is 0. The predicted octanol–water partition coefficient (Wildman–Crippen LogP) is 1.82. The molecule has 1 aliphatic heterocycles. The van der Waals surface area contributed by atoms with Gasteiger partial charge in [0.1, 0.15) is 10.7 Å². The Bertz CT molecular complexity index is 929. The van der Waals surface area contributed by atoms with Gasteiger partial charge in [-0.2, -0.15) is 4.98 Å². The summed E-state index contributed by atoms with van der Waals surface area (Å²) in [4.78, 5) is 26.0. The SMILES string of the molecule is CCc1nc(-c2ccc(N3CCN(C(=O)c4snnc4C)CC3)nc2)no1. The van der Waals surface area contributed by atoms with Crippen molar-refractivity contribution in [1.29, 1.82) is 0 Å². The van der Waals surface area contributed by atoms with Gasteiger partial charge in [-0.1, -0.05) is 16.6 Å². The van der Waals surface area contributed by atoms with E-state index in [4.69, 9.17) is 4.52 Å². The highest BCUT2D eigenvalue weighted by atomic mass is 32.1. The van der Waals surface area contributed by atoms with E-state index < -0.39 is 0 Å².